The number of hydrogen-bond donors (Lipinski definition) is 1. The highest BCUT2D eigenvalue weighted by Gasteiger charge is 2.21. The zero-order valence-electron chi connectivity index (χ0n) is 11.5. The first kappa shape index (κ1) is 15.5. The normalized spacial score (nSPS) is 10.5. The van der Waals surface area contributed by atoms with Gasteiger partial charge in [-0.2, -0.15) is 0 Å². The molecule has 0 aliphatic heterocycles. The maximum Gasteiger partial charge on any atom is 0.320 e. The van der Waals surface area contributed by atoms with Crippen LogP contribution in [0.2, 0.25) is 0 Å². The van der Waals surface area contributed by atoms with Crippen LogP contribution in [-0.4, -0.2) is 46.5 Å². The van der Waals surface area contributed by atoms with Crippen molar-refractivity contribution < 1.29 is 14.7 Å². The first-order valence-electron chi connectivity index (χ1n) is 6.17. The summed E-state index contributed by atoms with van der Waals surface area (Å²) >= 11 is 1.61. The highest BCUT2D eigenvalue weighted by Crippen LogP contribution is 2.15. The van der Waals surface area contributed by atoms with E-state index < -0.39 is 5.97 Å². The van der Waals surface area contributed by atoms with Gasteiger partial charge in [-0.05, 0) is 25.3 Å². The Morgan fingerprint density at radius 3 is 2.58 bits per heavy atom. The fourth-order valence-electron chi connectivity index (χ4n) is 1.62. The Bertz CT molecular complexity index is 418. The number of carboxylic acids is 1. The third kappa shape index (κ3) is 4.90. The van der Waals surface area contributed by atoms with Gasteiger partial charge in [0.15, 0.2) is 0 Å². The molecule has 1 heterocycles. The van der Waals surface area contributed by atoms with Crippen molar-refractivity contribution in [3.8, 4) is 0 Å². The zero-order chi connectivity index (χ0) is 14.4. The molecule has 0 saturated heterocycles. The van der Waals surface area contributed by atoms with Gasteiger partial charge in [0.05, 0.1) is 13.0 Å². The molecule has 0 fully saturated rings. The molecule has 5 nitrogen and oxygen atoms in total. The molecule has 0 aliphatic carbocycles. The first-order chi connectivity index (χ1) is 8.91. The second kappa shape index (κ2) is 7.13. The van der Waals surface area contributed by atoms with Crippen molar-refractivity contribution in [2.24, 2.45) is 0 Å². The van der Waals surface area contributed by atoms with E-state index in [0.717, 1.165) is 4.88 Å². The van der Waals surface area contributed by atoms with Gasteiger partial charge in [0.25, 0.3) is 0 Å². The molecule has 0 aliphatic rings. The summed E-state index contributed by atoms with van der Waals surface area (Å²) in [6.07, 6.45) is -0.0345. The van der Waals surface area contributed by atoms with Crippen LogP contribution in [0.15, 0.2) is 17.5 Å². The van der Waals surface area contributed by atoms with Gasteiger partial charge in [0.1, 0.15) is 0 Å². The number of carboxylic acid groups (broad SMARTS) is 1. The van der Waals surface area contributed by atoms with Crippen LogP contribution >= 0.6 is 11.3 Å². The molecule has 0 aromatic carbocycles. The second-order valence-corrected chi connectivity index (χ2v) is 5.68. The summed E-state index contributed by atoms with van der Waals surface area (Å²) in [7, 11) is 1.63. The Hall–Kier alpha value is -1.56. The minimum atomic E-state index is -0.894. The van der Waals surface area contributed by atoms with E-state index in [1.807, 2.05) is 31.4 Å². The molecule has 6 heteroatoms. The molecular formula is C13H20N2O3S. The lowest BCUT2D eigenvalue weighted by atomic mass is 10.3. The van der Waals surface area contributed by atoms with Crippen LogP contribution < -0.4 is 0 Å². The van der Waals surface area contributed by atoms with Crippen molar-refractivity contribution in [2.75, 3.05) is 13.6 Å². The lowest BCUT2D eigenvalue weighted by Crippen LogP contribution is -2.44. The van der Waals surface area contributed by atoms with Crippen LogP contribution in [0.3, 0.4) is 0 Å². The number of nitrogens with zero attached hydrogens (tertiary/aromatic N) is 2. The molecule has 0 atom stereocenters. The van der Waals surface area contributed by atoms with E-state index >= 15 is 0 Å². The third-order valence-electron chi connectivity index (χ3n) is 2.76. The van der Waals surface area contributed by atoms with Crippen molar-refractivity contribution in [3.63, 3.8) is 0 Å². The van der Waals surface area contributed by atoms with Gasteiger partial charge in [-0.1, -0.05) is 6.07 Å². The van der Waals surface area contributed by atoms with E-state index in [1.54, 1.807) is 23.3 Å². The van der Waals surface area contributed by atoms with Crippen molar-refractivity contribution in [2.45, 2.75) is 32.9 Å². The maximum atomic E-state index is 12.3. The molecule has 0 spiro atoms. The van der Waals surface area contributed by atoms with E-state index in [0.29, 0.717) is 6.54 Å². The zero-order valence-corrected chi connectivity index (χ0v) is 12.3. The summed E-state index contributed by atoms with van der Waals surface area (Å²) in [5.74, 6) is -0.894. The SMILES string of the molecule is CC(C)N(Cc1cccs1)C(=O)N(C)CCC(=O)O. The molecule has 19 heavy (non-hydrogen) atoms. The average molecular weight is 284 g/mol. The van der Waals surface area contributed by atoms with Crippen molar-refractivity contribution in [1.82, 2.24) is 9.80 Å². The van der Waals surface area contributed by atoms with Gasteiger partial charge in [0, 0.05) is 24.5 Å². The predicted octanol–water partition coefficient (Wildman–Crippen LogP) is 2.49. The molecule has 1 aromatic heterocycles. The Labute approximate surface area is 117 Å². The summed E-state index contributed by atoms with van der Waals surface area (Å²) in [6.45, 7) is 4.69. The lowest BCUT2D eigenvalue weighted by molar-refractivity contribution is -0.137. The Kier molecular flexibility index (Phi) is 5.82. The van der Waals surface area contributed by atoms with Crippen LogP contribution in [0.25, 0.3) is 0 Å². The number of amides is 2. The minimum Gasteiger partial charge on any atom is -0.481 e. The molecule has 1 aromatic rings. The molecular weight excluding hydrogens is 264 g/mol. The number of hydrogen-bond acceptors (Lipinski definition) is 3. The van der Waals surface area contributed by atoms with E-state index in [2.05, 4.69) is 0 Å². The minimum absolute atomic E-state index is 0.0345. The van der Waals surface area contributed by atoms with E-state index in [4.69, 9.17) is 5.11 Å². The second-order valence-electron chi connectivity index (χ2n) is 4.65. The molecule has 106 valence electrons. The fourth-order valence-corrected chi connectivity index (χ4v) is 2.32. The summed E-state index contributed by atoms with van der Waals surface area (Å²) in [4.78, 5) is 27.1. The van der Waals surface area contributed by atoms with Crippen molar-refractivity contribution in [1.29, 1.82) is 0 Å². The number of carbonyl (C=O) groups excluding carboxylic acids is 1. The molecule has 0 unspecified atom stereocenters. The van der Waals surface area contributed by atoms with E-state index in [9.17, 15) is 9.59 Å². The maximum absolute atomic E-state index is 12.3. The van der Waals surface area contributed by atoms with Crippen LogP contribution in [0.1, 0.15) is 25.1 Å². The standard InChI is InChI=1S/C13H20N2O3S/c1-10(2)15(9-11-5-4-8-19-11)13(18)14(3)7-6-12(16)17/h4-5,8,10H,6-7,9H2,1-3H3,(H,16,17). The fraction of sp³-hybridized carbons (Fsp3) is 0.538. The largest absolute Gasteiger partial charge is 0.481 e. The smallest absolute Gasteiger partial charge is 0.320 e. The molecule has 0 radical (unpaired) electrons. The van der Waals surface area contributed by atoms with Gasteiger partial charge in [-0.15, -0.1) is 11.3 Å². The number of thiophene rings is 1. The highest BCUT2D eigenvalue weighted by molar-refractivity contribution is 7.09. The first-order valence-corrected chi connectivity index (χ1v) is 7.05. The van der Waals surface area contributed by atoms with Gasteiger partial charge >= 0.3 is 12.0 Å². The lowest BCUT2D eigenvalue weighted by Gasteiger charge is -2.30. The summed E-state index contributed by atoms with van der Waals surface area (Å²) < 4.78 is 0. The van der Waals surface area contributed by atoms with Crippen LogP contribution in [-0.2, 0) is 11.3 Å². The van der Waals surface area contributed by atoms with Gasteiger partial charge in [-0.3, -0.25) is 4.79 Å². The molecule has 1 rings (SSSR count). The number of aliphatic carboxylic acids is 1. The average Bonchev–Trinajstić information content (AvgIpc) is 2.84. The van der Waals surface area contributed by atoms with Crippen molar-refractivity contribution in [3.05, 3.63) is 22.4 Å². The molecule has 1 N–H and O–H groups in total. The topological polar surface area (TPSA) is 60.9 Å². The summed E-state index contributed by atoms with van der Waals surface area (Å²) in [5.41, 5.74) is 0. The monoisotopic (exact) mass is 284 g/mol. The van der Waals surface area contributed by atoms with E-state index in [-0.39, 0.29) is 25.0 Å². The number of carbonyl (C=O) groups is 2. The Morgan fingerprint density at radius 2 is 2.11 bits per heavy atom. The summed E-state index contributed by atoms with van der Waals surface area (Å²) in [6, 6.07) is 3.88. The molecule has 0 bridgehead atoms. The van der Waals surface area contributed by atoms with Crippen LogP contribution in [0.5, 0.6) is 0 Å². The van der Waals surface area contributed by atoms with Crippen LogP contribution in [0.4, 0.5) is 4.79 Å². The number of urea groups is 1. The Balaban J connectivity index is 2.64. The van der Waals surface area contributed by atoms with E-state index in [1.165, 1.54) is 4.90 Å². The quantitative estimate of drug-likeness (QED) is 0.873. The van der Waals surface area contributed by atoms with Crippen LogP contribution in [0, 0.1) is 0 Å². The van der Waals surface area contributed by atoms with Crippen molar-refractivity contribution >= 4 is 23.3 Å². The van der Waals surface area contributed by atoms with Gasteiger partial charge < -0.3 is 14.9 Å². The third-order valence-corrected chi connectivity index (χ3v) is 3.62. The highest BCUT2D eigenvalue weighted by atomic mass is 32.1. The molecule has 2 amide bonds. The Morgan fingerprint density at radius 1 is 1.42 bits per heavy atom. The number of rotatable bonds is 6. The van der Waals surface area contributed by atoms with Gasteiger partial charge in [0.2, 0.25) is 0 Å². The van der Waals surface area contributed by atoms with Gasteiger partial charge in [-0.25, -0.2) is 4.79 Å². The molecule has 0 saturated carbocycles. The predicted molar refractivity (Wildman–Crippen MR) is 75.3 cm³/mol. The summed E-state index contributed by atoms with van der Waals surface area (Å²) in [5, 5.41) is 10.6.